The normalized spacial score (nSPS) is 12.7. The van der Waals surface area contributed by atoms with Gasteiger partial charge in [-0.25, -0.2) is 0 Å². The first-order valence-corrected chi connectivity index (χ1v) is 7.34. The summed E-state index contributed by atoms with van der Waals surface area (Å²) in [4.78, 5) is 0. The van der Waals surface area contributed by atoms with Crippen molar-refractivity contribution in [3.63, 3.8) is 0 Å². The lowest BCUT2D eigenvalue weighted by Gasteiger charge is -2.13. The average Bonchev–Trinajstić information content (AvgIpc) is 2.73. The van der Waals surface area contributed by atoms with Gasteiger partial charge < -0.3 is 5.73 Å². The SMILES string of the molecule is CCc1cc(CC(N)c2ccc(C)c(Br)c2)n(C)n1. The standard InChI is InChI=1S/C15H20BrN3/c1-4-12-8-13(19(3)18-12)9-15(17)11-6-5-10(2)14(16)7-11/h5-8,15H,4,9,17H2,1-3H3. The number of aromatic nitrogens is 2. The number of hydrogen-bond acceptors (Lipinski definition) is 2. The molecule has 0 aliphatic heterocycles. The van der Waals surface area contributed by atoms with Crippen LogP contribution in [0, 0.1) is 6.92 Å². The van der Waals surface area contributed by atoms with Crippen LogP contribution in [0.25, 0.3) is 0 Å². The van der Waals surface area contributed by atoms with Gasteiger partial charge in [-0.05, 0) is 36.6 Å². The highest BCUT2D eigenvalue weighted by atomic mass is 79.9. The van der Waals surface area contributed by atoms with Crippen molar-refractivity contribution in [2.24, 2.45) is 12.8 Å². The van der Waals surface area contributed by atoms with E-state index in [4.69, 9.17) is 5.73 Å². The van der Waals surface area contributed by atoms with Crippen molar-refractivity contribution < 1.29 is 0 Å². The molecule has 2 N–H and O–H groups in total. The number of aryl methyl sites for hydroxylation is 3. The van der Waals surface area contributed by atoms with E-state index >= 15 is 0 Å². The van der Waals surface area contributed by atoms with Gasteiger partial charge >= 0.3 is 0 Å². The molecule has 1 aromatic carbocycles. The molecule has 0 saturated carbocycles. The first-order valence-electron chi connectivity index (χ1n) is 6.54. The second-order valence-electron chi connectivity index (χ2n) is 4.92. The molecule has 1 aromatic heterocycles. The molecule has 102 valence electrons. The Balaban J connectivity index is 2.17. The summed E-state index contributed by atoms with van der Waals surface area (Å²) < 4.78 is 3.04. The summed E-state index contributed by atoms with van der Waals surface area (Å²) in [5.41, 5.74) is 11.0. The lowest BCUT2D eigenvalue weighted by molar-refractivity contribution is 0.638. The zero-order chi connectivity index (χ0) is 14.0. The number of nitrogens with two attached hydrogens (primary N) is 1. The maximum atomic E-state index is 6.30. The van der Waals surface area contributed by atoms with Gasteiger partial charge in [-0.1, -0.05) is 35.0 Å². The van der Waals surface area contributed by atoms with Crippen LogP contribution in [0.2, 0.25) is 0 Å². The summed E-state index contributed by atoms with van der Waals surface area (Å²) >= 11 is 3.56. The van der Waals surface area contributed by atoms with Crippen LogP contribution >= 0.6 is 15.9 Å². The van der Waals surface area contributed by atoms with Gasteiger partial charge in [-0.15, -0.1) is 0 Å². The van der Waals surface area contributed by atoms with E-state index in [9.17, 15) is 0 Å². The fourth-order valence-corrected chi connectivity index (χ4v) is 2.51. The third-order valence-electron chi connectivity index (χ3n) is 3.44. The molecule has 1 heterocycles. The summed E-state index contributed by atoms with van der Waals surface area (Å²) in [6.45, 7) is 4.19. The maximum Gasteiger partial charge on any atom is 0.0624 e. The summed E-state index contributed by atoms with van der Waals surface area (Å²) in [6.07, 6.45) is 1.76. The quantitative estimate of drug-likeness (QED) is 0.939. The van der Waals surface area contributed by atoms with Crippen LogP contribution in [0.5, 0.6) is 0 Å². The molecule has 0 spiro atoms. The smallest absolute Gasteiger partial charge is 0.0624 e. The lowest BCUT2D eigenvalue weighted by atomic mass is 10.0. The van der Waals surface area contributed by atoms with Crippen molar-refractivity contribution in [2.45, 2.75) is 32.7 Å². The molecule has 0 fully saturated rings. The molecule has 0 radical (unpaired) electrons. The number of nitrogens with zero attached hydrogens (tertiary/aromatic N) is 2. The molecule has 19 heavy (non-hydrogen) atoms. The van der Waals surface area contributed by atoms with E-state index in [0.717, 1.165) is 28.6 Å². The maximum absolute atomic E-state index is 6.30. The van der Waals surface area contributed by atoms with E-state index in [2.05, 4.69) is 59.1 Å². The third-order valence-corrected chi connectivity index (χ3v) is 4.30. The predicted molar refractivity (Wildman–Crippen MR) is 82.1 cm³/mol. The third kappa shape index (κ3) is 3.25. The van der Waals surface area contributed by atoms with E-state index in [0.29, 0.717) is 0 Å². The molecule has 3 nitrogen and oxygen atoms in total. The Labute approximate surface area is 122 Å². The Hall–Kier alpha value is -1.13. The van der Waals surface area contributed by atoms with E-state index < -0.39 is 0 Å². The highest BCUT2D eigenvalue weighted by Crippen LogP contribution is 2.23. The first-order chi connectivity index (χ1) is 9.01. The van der Waals surface area contributed by atoms with Gasteiger partial charge in [0.1, 0.15) is 0 Å². The molecular weight excluding hydrogens is 302 g/mol. The number of halogens is 1. The molecule has 0 aliphatic carbocycles. The molecule has 4 heteroatoms. The van der Waals surface area contributed by atoms with Crippen molar-refractivity contribution in [1.29, 1.82) is 0 Å². The predicted octanol–water partition coefficient (Wildman–Crippen LogP) is 3.30. The number of rotatable bonds is 4. The fraction of sp³-hybridized carbons (Fsp3) is 0.400. The Bertz CT molecular complexity index is 575. The van der Waals surface area contributed by atoms with Gasteiger partial charge in [0.2, 0.25) is 0 Å². The van der Waals surface area contributed by atoms with Gasteiger partial charge in [0.05, 0.1) is 5.69 Å². The van der Waals surface area contributed by atoms with Crippen LogP contribution in [0.4, 0.5) is 0 Å². The average molecular weight is 322 g/mol. The molecule has 1 unspecified atom stereocenters. The van der Waals surface area contributed by atoms with Crippen LogP contribution < -0.4 is 5.73 Å². The Morgan fingerprint density at radius 1 is 1.37 bits per heavy atom. The fourth-order valence-electron chi connectivity index (χ4n) is 2.12. The van der Waals surface area contributed by atoms with Crippen molar-refractivity contribution in [3.8, 4) is 0 Å². The van der Waals surface area contributed by atoms with E-state index in [1.54, 1.807) is 0 Å². The summed E-state index contributed by atoms with van der Waals surface area (Å²) in [7, 11) is 1.98. The van der Waals surface area contributed by atoms with Gasteiger partial charge in [-0.2, -0.15) is 5.10 Å². The minimum atomic E-state index is -0.00277. The van der Waals surface area contributed by atoms with Gasteiger partial charge in [0.15, 0.2) is 0 Å². The zero-order valence-electron chi connectivity index (χ0n) is 11.7. The molecule has 2 aromatic rings. The van der Waals surface area contributed by atoms with Gasteiger partial charge in [-0.3, -0.25) is 4.68 Å². The molecule has 0 bridgehead atoms. The van der Waals surface area contributed by atoms with Crippen LogP contribution in [0.1, 0.15) is 35.5 Å². The molecular formula is C15H20BrN3. The van der Waals surface area contributed by atoms with E-state index in [1.807, 2.05) is 11.7 Å². The van der Waals surface area contributed by atoms with E-state index in [1.165, 1.54) is 11.3 Å². The largest absolute Gasteiger partial charge is 0.324 e. The number of hydrogen-bond donors (Lipinski definition) is 1. The minimum Gasteiger partial charge on any atom is -0.324 e. The van der Waals surface area contributed by atoms with Crippen molar-refractivity contribution in [2.75, 3.05) is 0 Å². The molecule has 2 rings (SSSR count). The molecule has 0 aliphatic rings. The molecule has 0 amide bonds. The topological polar surface area (TPSA) is 43.8 Å². The van der Waals surface area contributed by atoms with Crippen molar-refractivity contribution in [3.05, 3.63) is 51.3 Å². The second-order valence-corrected chi connectivity index (χ2v) is 5.78. The molecule has 0 saturated heterocycles. The summed E-state index contributed by atoms with van der Waals surface area (Å²) in [5, 5.41) is 4.46. The van der Waals surface area contributed by atoms with Gasteiger partial charge in [0.25, 0.3) is 0 Å². The van der Waals surface area contributed by atoms with Crippen molar-refractivity contribution in [1.82, 2.24) is 9.78 Å². The Morgan fingerprint density at radius 2 is 2.11 bits per heavy atom. The number of benzene rings is 1. The van der Waals surface area contributed by atoms with E-state index in [-0.39, 0.29) is 6.04 Å². The van der Waals surface area contributed by atoms with Crippen molar-refractivity contribution >= 4 is 15.9 Å². The van der Waals surface area contributed by atoms with Gasteiger partial charge in [0, 0.05) is 29.7 Å². The Morgan fingerprint density at radius 3 is 2.68 bits per heavy atom. The van der Waals surface area contributed by atoms with Crippen LogP contribution in [-0.2, 0) is 19.9 Å². The first kappa shape index (κ1) is 14.3. The van der Waals surface area contributed by atoms with Crippen LogP contribution in [-0.4, -0.2) is 9.78 Å². The van der Waals surface area contributed by atoms with Crippen LogP contribution in [0.3, 0.4) is 0 Å². The monoisotopic (exact) mass is 321 g/mol. The summed E-state index contributed by atoms with van der Waals surface area (Å²) in [6, 6.07) is 8.44. The molecule has 1 atom stereocenters. The lowest BCUT2D eigenvalue weighted by Crippen LogP contribution is -2.15. The Kier molecular flexibility index (Phi) is 4.42. The zero-order valence-corrected chi connectivity index (χ0v) is 13.2. The highest BCUT2D eigenvalue weighted by Gasteiger charge is 2.12. The highest BCUT2D eigenvalue weighted by molar-refractivity contribution is 9.10. The minimum absolute atomic E-state index is 0.00277. The van der Waals surface area contributed by atoms with Crippen LogP contribution in [0.15, 0.2) is 28.7 Å². The second kappa shape index (κ2) is 5.88. The summed E-state index contributed by atoms with van der Waals surface area (Å²) in [5.74, 6) is 0.